The van der Waals surface area contributed by atoms with Crippen LogP contribution < -0.4 is 5.32 Å². The van der Waals surface area contributed by atoms with Crippen LogP contribution in [0.5, 0.6) is 0 Å². The number of nitrogens with one attached hydrogen (secondary N) is 1. The number of amides is 2. The van der Waals surface area contributed by atoms with E-state index in [0.717, 1.165) is 10.7 Å². The third-order valence-corrected chi connectivity index (χ3v) is 4.01. The fourth-order valence-corrected chi connectivity index (χ4v) is 2.93. The summed E-state index contributed by atoms with van der Waals surface area (Å²) in [6.07, 6.45) is 1.42. The van der Waals surface area contributed by atoms with Crippen LogP contribution in [0, 0.1) is 6.92 Å². The van der Waals surface area contributed by atoms with Gasteiger partial charge in [-0.25, -0.2) is 4.98 Å². The van der Waals surface area contributed by atoms with Crippen LogP contribution in [-0.2, 0) is 4.79 Å². The normalized spacial score (nSPS) is 18.7. The van der Waals surface area contributed by atoms with Crippen LogP contribution in [-0.4, -0.2) is 40.8 Å². The van der Waals surface area contributed by atoms with Gasteiger partial charge in [-0.3, -0.25) is 9.59 Å². The summed E-state index contributed by atoms with van der Waals surface area (Å²) in [5.74, 6) is 0.233. The first-order valence-corrected chi connectivity index (χ1v) is 7.50. The number of furan rings is 1. The van der Waals surface area contributed by atoms with Gasteiger partial charge in [-0.2, -0.15) is 0 Å². The van der Waals surface area contributed by atoms with Crippen LogP contribution in [0.1, 0.15) is 22.3 Å². The molecule has 1 fully saturated rings. The van der Waals surface area contributed by atoms with Gasteiger partial charge in [0.05, 0.1) is 17.1 Å². The van der Waals surface area contributed by atoms with Crippen molar-refractivity contribution in [3.63, 3.8) is 0 Å². The van der Waals surface area contributed by atoms with Gasteiger partial charge < -0.3 is 14.6 Å². The Morgan fingerprint density at radius 1 is 1.57 bits per heavy atom. The van der Waals surface area contributed by atoms with Crippen molar-refractivity contribution in [3.8, 4) is 11.5 Å². The fourth-order valence-electron chi connectivity index (χ4n) is 2.33. The van der Waals surface area contributed by atoms with E-state index in [2.05, 4.69) is 10.3 Å². The summed E-state index contributed by atoms with van der Waals surface area (Å²) in [7, 11) is 0. The minimum atomic E-state index is -0.196. The highest BCUT2D eigenvalue weighted by atomic mass is 32.1. The Hall–Kier alpha value is -2.15. The van der Waals surface area contributed by atoms with E-state index in [-0.39, 0.29) is 24.4 Å². The molecule has 2 aromatic rings. The molecule has 7 heteroatoms. The Morgan fingerprint density at radius 2 is 2.38 bits per heavy atom. The molecule has 0 aliphatic carbocycles. The Kier molecular flexibility index (Phi) is 3.50. The molecule has 0 bridgehead atoms. The lowest BCUT2D eigenvalue weighted by atomic mass is 10.2. The Morgan fingerprint density at radius 3 is 3.05 bits per heavy atom. The number of hydrogen-bond acceptors (Lipinski definition) is 5. The van der Waals surface area contributed by atoms with E-state index in [1.165, 1.54) is 22.5 Å². The molecule has 1 N–H and O–H groups in total. The summed E-state index contributed by atoms with van der Waals surface area (Å²) in [4.78, 5) is 29.8. The number of piperazine rings is 1. The second kappa shape index (κ2) is 5.33. The van der Waals surface area contributed by atoms with Crippen LogP contribution in [0.15, 0.2) is 22.1 Å². The third kappa shape index (κ3) is 2.82. The van der Waals surface area contributed by atoms with Crippen molar-refractivity contribution in [2.45, 2.75) is 19.9 Å². The lowest BCUT2D eigenvalue weighted by Gasteiger charge is -2.30. The zero-order chi connectivity index (χ0) is 15.0. The van der Waals surface area contributed by atoms with Crippen LogP contribution in [0.4, 0.5) is 0 Å². The van der Waals surface area contributed by atoms with Crippen LogP contribution in [0.25, 0.3) is 11.5 Å². The first-order valence-electron chi connectivity index (χ1n) is 6.62. The summed E-state index contributed by atoms with van der Waals surface area (Å²) >= 11 is 1.53. The Balaban J connectivity index is 1.79. The molecular weight excluding hydrogens is 290 g/mol. The molecule has 6 nitrogen and oxygen atoms in total. The number of hydrogen-bond donors (Lipinski definition) is 1. The Labute approximate surface area is 125 Å². The van der Waals surface area contributed by atoms with Crippen LogP contribution in [0.2, 0.25) is 0 Å². The van der Waals surface area contributed by atoms with Crippen molar-refractivity contribution in [2.24, 2.45) is 0 Å². The van der Waals surface area contributed by atoms with E-state index < -0.39 is 0 Å². The predicted octanol–water partition coefficient (Wildman–Crippen LogP) is 1.67. The number of carbonyl (C=O) groups excluding carboxylic acids is 2. The number of aryl methyl sites for hydroxylation is 1. The van der Waals surface area contributed by atoms with Crippen molar-refractivity contribution < 1.29 is 14.0 Å². The highest BCUT2D eigenvalue weighted by Crippen LogP contribution is 2.24. The van der Waals surface area contributed by atoms with Crippen molar-refractivity contribution in [2.75, 3.05) is 13.1 Å². The van der Waals surface area contributed by atoms with Gasteiger partial charge in [-0.15, -0.1) is 11.3 Å². The van der Waals surface area contributed by atoms with E-state index in [1.807, 2.05) is 19.2 Å². The minimum absolute atomic E-state index is 0.0391. The van der Waals surface area contributed by atoms with Crippen LogP contribution >= 0.6 is 11.3 Å². The molecule has 1 atom stereocenters. The first kappa shape index (κ1) is 13.8. The van der Waals surface area contributed by atoms with Crippen molar-refractivity contribution in [1.29, 1.82) is 0 Å². The number of nitrogens with zero attached hydrogens (tertiary/aromatic N) is 2. The van der Waals surface area contributed by atoms with E-state index in [9.17, 15) is 9.59 Å². The van der Waals surface area contributed by atoms with Gasteiger partial charge in [-0.1, -0.05) is 0 Å². The number of rotatable bonds is 2. The highest BCUT2D eigenvalue weighted by Gasteiger charge is 2.27. The quantitative estimate of drug-likeness (QED) is 0.916. The van der Waals surface area contributed by atoms with E-state index >= 15 is 0 Å². The molecule has 0 spiro atoms. The summed E-state index contributed by atoms with van der Waals surface area (Å²) in [5, 5.41) is 5.61. The number of carbonyl (C=O) groups is 2. The number of aromatic nitrogens is 1. The second-order valence-corrected chi connectivity index (χ2v) is 6.17. The standard InChI is InChI=1S/C14H15N3O3S/c1-8-4-17(5-13(18)15-8)14(19)10-3-12(20-6-10)11-7-21-9(2)16-11/h3,6-8H,4-5H2,1-2H3,(H,15,18). The van der Waals surface area contributed by atoms with Crippen molar-refractivity contribution in [3.05, 3.63) is 28.3 Å². The topological polar surface area (TPSA) is 75.4 Å². The molecule has 2 aromatic heterocycles. The van der Waals surface area contributed by atoms with Crippen LogP contribution in [0.3, 0.4) is 0 Å². The smallest absolute Gasteiger partial charge is 0.257 e. The molecule has 0 saturated carbocycles. The lowest BCUT2D eigenvalue weighted by molar-refractivity contribution is -0.124. The zero-order valence-corrected chi connectivity index (χ0v) is 12.6. The molecule has 3 heterocycles. The van der Waals surface area contributed by atoms with Gasteiger partial charge in [0.2, 0.25) is 5.91 Å². The summed E-state index contributed by atoms with van der Waals surface area (Å²) in [6, 6.07) is 1.64. The Bertz CT molecular complexity index is 691. The predicted molar refractivity (Wildman–Crippen MR) is 78.1 cm³/mol. The van der Waals surface area contributed by atoms with E-state index in [0.29, 0.717) is 17.9 Å². The lowest BCUT2D eigenvalue weighted by Crippen LogP contribution is -2.54. The molecule has 1 unspecified atom stereocenters. The van der Waals surface area contributed by atoms with E-state index in [1.54, 1.807) is 6.07 Å². The maximum Gasteiger partial charge on any atom is 0.257 e. The summed E-state index contributed by atoms with van der Waals surface area (Å²) in [5.41, 5.74) is 1.17. The van der Waals surface area contributed by atoms with Gasteiger partial charge in [0.1, 0.15) is 12.0 Å². The monoisotopic (exact) mass is 305 g/mol. The average molecular weight is 305 g/mol. The fraction of sp³-hybridized carbons (Fsp3) is 0.357. The average Bonchev–Trinajstić information content (AvgIpc) is 3.05. The van der Waals surface area contributed by atoms with Gasteiger partial charge in [-0.05, 0) is 19.9 Å². The molecule has 2 amide bonds. The minimum Gasteiger partial charge on any atom is -0.462 e. The maximum absolute atomic E-state index is 12.4. The molecule has 3 rings (SSSR count). The first-order chi connectivity index (χ1) is 10.0. The number of thiazole rings is 1. The highest BCUT2D eigenvalue weighted by molar-refractivity contribution is 7.09. The van der Waals surface area contributed by atoms with Gasteiger partial charge in [0.15, 0.2) is 5.76 Å². The van der Waals surface area contributed by atoms with E-state index in [4.69, 9.17) is 4.42 Å². The molecule has 21 heavy (non-hydrogen) atoms. The van der Waals surface area contributed by atoms with Gasteiger partial charge >= 0.3 is 0 Å². The van der Waals surface area contributed by atoms with Gasteiger partial charge in [0.25, 0.3) is 5.91 Å². The maximum atomic E-state index is 12.4. The molecule has 1 aliphatic rings. The van der Waals surface area contributed by atoms with Crippen molar-refractivity contribution in [1.82, 2.24) is 15.2 Å². The second-order valence-electron chi connectivity index (χ2n) is 5.11. The molecular formula is C14H15N3O3S. The SMILES string of the molecule is Cc1nc(-c2cc(C(=O)N3CC(=O)NC(C)C3)co2)cs1. The van der Waals surface area contributed by atoms with Gasteiger partial charge in [0, 0.05) is 18.0 Å². The summed E-state index contributed by atoms with van der Waals surface area (Å²) in [6.45, 7) is 4.37. The third-order valence-electron chi connectivity index (χ3n) is 3.24. The largest absolute Gasteiger partial charge is 0.462 e. The molecule has 1 aliphatic heterocycles. The van der Waals surface area contributed by atoms with Crippen molar-refractivity contribution >= 4 is 23.2 Å². The molecule has 0 radical (unpaired) electrons. The molecule has 1 saturated heterocycles. The molecule has 0 aromatic carbocycles. The zero-order valence-electron chi connectivity index (χ0n) is 11.8. The molecule has 110 valence electrons. The summed E-state index contributed by atoms with van der Waals surface area (Å²) < 4.78 is 5.43.